The van der Waals surface area contributed by atoms with Crippen LogP contribution in [0.15, 0.2) is 18.2 Å². The number of nitrogen functional groups attached to an aromatic ring is 1. The zero-order valence-corrected chi connectivity index (χ0v) is 12.4. The first-order chi connectivity index (χ1) is 9.30. The Bertz CT molecular complexity index is 519. The summed E-state index contributed by atoms with van der Waals surface area (Å²) < 4.78 is -0.0780. The van der Waals surface area contributed by atoms with Gasteiger partial charge in [0.2, 0.25) is 0 Å². The normalized spacial score (nSPS) is 11.0. The van der Waals surface area contributed by atoms with Crippen LogP contribution in [0.5, 0.6) is 0 Å². The Kier molecular flexibility index (Phi) is 5.34. The number of nitrogens with zero attached hydrogens (tertiary/aromatic N) is 1. The van der Waals surface area contributed by atoms with E-state index >= 15 is 0 Å². The molecule has 4 N–H and O–H groups in total. The fraction of sp³-hybridized carbons (Fsp3) is 0.417. The van der Waals surface area contributed by atoms with E-state index in [0.29, 0.717) is 12.1 Å². The summed E-state index contributed by atoms with van der Waals surface area (Å²) in [4.78, 5) is 22.2. The van der Waals surface area contributed by atoms with Crippen LogP contribution in [-0.2, 0) is 0 Å². The molecule has 0 unspecified atom stereocenters. The molecule has 8 heteroatoms. The summed E-state index contributed by atoms with van der Waals surface area (Å²) in [7, 11) is 0. The number of rotatable bonds is 6. The van der Waals surface area contributed by atoms with Gasteiger partial charge < -0.3 is 10.7 Å². The third kappa shape index (κ3) is 4.10. The third-order valence-corrected chi connectivity index (χ3v) is 4.09. The Labute approximate surface area is 121 Å². The third-order valence-electron chi connectivity index (χ3n) is 2.84. The molecular formula is C12H18N4O3S. The van der Waals surface area contributed by atoms with Gasteiger partial charge >= 0.3 is 0 Å². The van der Waals surface area contributed by atoms with Gasteiger partial charge in [-0.25, -0.2) is 0 Å². The molecule has 20 heavy (non-hydrogen) atoms. The predicted octanol–water partition coefficient (Wildman–Crippen LogP) is 1.75. The average Bonchev–Trinajstić information content (AvgIpc) is 2.43. The number of anilines is 1. The Hall–Kier alpha value is -1.80. The van der Waals surface area contributed by atoms with Crippen molar-refractivity contribution in [2.24, 2.45) is 5.84 Å². The summed E-state index contributed by atoms with van der Waals surface area (Å²) in [6, 6.07) is 4.02. The van der Waals surface area contributed by atoms with E-state index < -0.39 is 4.92 Å². The smallest absolute Gasteiger partial charge is 0.293 e. The Morgan fingerprint density at radius 3 is 2.65 bits per heavy atom. The molecule has 1 amide bonds. The number of thioether (sulfide) groups is 1. The molecule has 0 aliphatic carbocycles. The van der Waals surface area contributed by atoms with Crippen molar-refractivity contribution >= 4 is 29.0 Å². The van der Waals surface area contributed by atoms with Gasteiger partial charge in [-0.05, 0) is 32.2 Å². The molecule has 0 bridgehead atoms. The van der Waals surface area contributed by atoms with Crippen molar-refractivity contribution in [2.45, 2.75) is 18.6 Å². The van der Waals surface area contributed by atoms with E-state index in [0.717, 1.165) is 0 Å². The molecule has 0 radical (unpaired) electrons. The maximum atomic E-state index is 12.0. The Balaban J connectivity index is 2.87. The van der Waals surface area contributed by atoms with Crippen LogP contribution < -0.4 is 16.6 Å². The summed E-state index contributed by atoms with van der Waals surface area (Å²) in [6.07, 6.45) is 1.97. The second kappa shape index (κ2) is 6.58. The van der Waals surface area contributed by atoms with Gasteiger partial charge in [0.1, 0.15) is 5.69 Å². The van der Waals surface area contributed by atoms with Crippen LogP contribution in [0.3, 0.4) is 0 Å². The molecule has 0 aliphatic heterocycles. The second-order valence-electron chi connectivity index (χ2n) is 4.78. The van der Waals surface area contributed by atoms with E-state index in [9.17, 15) is 14.9 Å². The largest absolute Gasteiger partial charge is 0.351 e. The van der Waals surface area contributed by atoms with Crippen LogP contribution in [0.2, 0.25) is 0 Å². The number of hydrogen-bond acceptors (Lipinski definition) is 6. The summed E-state index contributed by atoms with van der Waals surface area (Å²) >= 11 is 1.64. The van der Waals surface area contributed by atoms with E-state index in [1.54, 1.807) is 11.8 Å². The zero-order valence-electron chi connectivity index (χ0n) is 11.6. The minimum absolute atomic E-state index is 0.0780. The number of nitro benzene ring substituents is 1. The lowest BCUT2D eigenvalue weighted by molar-refractivity contribution is -0.384. The number of carbonyl (C=O) groups excluding carboxylic acids is 1. The van der Waals surface area contributed by atoms with Gasteiger partial charge in [-0.3, -0.25) is 20.8 Å². The number of carbonyl (C=O) groups is 1. The molecule has 0 spiro atoms. The Morgan fingerprint density at radius 1 is 1.50 bits per heavy atom. The first-order valence-corrected chi connectivity index (χ1v) is 7.11. The van der Waals surface area contributed by atoms with E-state index in [1.807, 2.05) is 20.1 Å². The van der Waals surface area contributed by atoms with Gasteiger partial charge in [0, 0.05) is 22.9 Å². The molecule has 0 fully saturated rings. The molecule has 7 nitrogen and oxygen atoms in total. The lowest BCUT2D eigenvalue weighted by atomic mass is 10.1. The van der Waals surface area contributed by atoms with Gasteiger partial charge in [-0.15, -0.1) is 0 Å². The highest BCUT2D eigenvalue weighted by Gasteiger charge is 2.19. The van der Waals surface area contributed by atoms with Gasteiger partial charge in [0.25, 0.3) is 11.6 Å². The summed E-state index contributed by atoms with van der Waals surface area (Å²) in [5.41, 5.74) is 2.48. The maximum Gasteiger partial charge on any atom is 0.293 e. The number of amides is 1. The van der Waals surface area contributed by atoms with Crippen molar-refractivity contribution in [3.63, 3.8) is 0 Å². The SMILES string of the molecule is CSC(C)(C)CNC(=O)c1ccc([N+](=O)[O-])c(NN)c1. The van der Waals surface area contributed by atoms with Gasteiger partial charge in [-0.2, -0.15) is 11.8 Å². The van der Waals surface area contributed by atoms with E-state index in [-0.39, 0.29) is 22.0 Å². The average molecular weight is 298 g/mol. The molecule has 110 valence electrons. The summed E-state index contributed by atoms with van der Waals surface area (Å²) in [5.74, 6) is 4.94. The molecule has 1 rings (SSSR count). The molecule has 1 aromatic carbocycles. The number of nitrogens with two attached hydrogens (primary N) is 1. The number of nitrogens with one attached hydrogen (secondary N) is 2. The number of nitro groups is 1. The molecule has 0 saturated carbocycles. The first kappa shape index (κ1) is 16.3. The van der Waals surface area contributed by atoms with Crippen LogP contribution in [0.25, 0.3) is 0 Å². The number of hydrazine groups is 1. The van der Waals surface area contributed by atoms with E-state index in [4.69, 9.17) is 5.84 Å². The highest BCUT2D eigenvalue weighted by atomic mass is 32.2. The fourth-order valence-corrected chi connectivity index (χ4v) is 1.64. The highest BCUT2D eigenvalue weighted by Crippen LogP contribution is 2.25. The molecule has 0 heterocycles. The number of benzene rings is 1. The fourth-order valence-electron chi connectivity index (χ4n) is 1.42. The lowest BCUT2D eigenvalue weighted by Crippen LogP contribution is -2.36. The lowest BCUT2D eigenvalue weighted by Gasteiger charge is -2.22. The molecule has 0 aliphatic rings. The van der Waals surface area contributed by atoms with E-state index in [2.05, 4.69) is 10.7 Å². The van der Waals surface area contributed by atoms with Gasteiger partial charge in [0.05, 0.1) is 4.92 Å². The molecule has 0 atom stereocenters. The highest BCUT2D eigenvalue weighted by molar-refractivity contribution is 7.99. The monoisotopic (exact) mass is 298 g/mol. The van der Waals surface area contributed by atoms with Crippen molar-refractivity contribution in [3.8, 4) is 0 Å². The van der Waals surface area contributed by atoms with Crippen molar-refractivity contribution in [1.29, 1.82) is 0 Å². The van der Waals surface area contributed by atoms with Gasteiger partial charge in [0.15, 0.2) is 0 Å². The Morgan fingerprint density at radius 2 is 2.15 bits per heavy atom. The predicted molar refractivity (Wildman–Crippen MR) is 80.8 cm³/mol. The van der Waals surface area contributed by atoms with Crippen LogP contribution in [0.1, 0.15) is 24.2 Å². The zero-order chi connectivity index (χ0) is 15.3. The van der Waals surface area contributed by atoms with Crippen LogP contribution in [-0.4, -0.2) is 28.4 Å². The van der Waals surface area contributed by atoms with Crippen molar-refractivity contribution in [2.75, 3.05) is 18.2 Å². The quantitative estimate of drug-likeness (QED) is 0.419. The summed E-state index contributed by atoms with van der Waals surface area (Å²) in [6.45, 7) is 4.52. The van der Waals surface area contributed by atoms with Crippen LogP contribution >= 0.6 is 11.8 Å². The van der Waals surface area contributed by atoms with Crippen molar-refractivity contribution in [1.82, 2.24) is 5.32 Å². The van der Waals surface area contributed by atoms with Gasteiger partial charge in [-0.1, -0.05) is 0 Å². The second-order valence-corrected chi connectivity index (χ2v) is 6.29. The van der Waals surface area contributed by atoms with Crippen LogP contribution in [0.4, 0.5) is 11.4 Å². The molecule has 0 aromatic heterocycles. The minimum atomic E-state index is -0.562. The van der Waals surface area contributed by atoms with E-state index in [1.165, 1.54) is 18.2 Å². The standard InChI is InChI=1S/C12H18N4O3S/c1-12(2,20-3)7-14-11(17)8-4-5-10(16(18)19)9(6-8)15-13/h4-6,15H,7,13H2,1-3H3,(H,14,17). The van der Waals surface area contributed by atoms with Crippen molar-refractivity contribution in [3.05, 3.63) is 33.9 Å². The first-order valence-electron chi connectivity index (χ1n) is 5.89. The maximum absolute atomic E-state index is 12.0. The molecule has 0 saturated heterocycles. The topological polar surface area (TPSA) is 110 Å². The summed E-state index contributed by atoms with van der Waals surface area (Å²) in [5, 5.41) is 13.6. The number of hydrogen-bond donors (Lipinski definition) is 3. The van der Waals surface area contributed by atoms with Crippen molar-refractivity contribution < 1.29 is 9.72 Å². The molecular weight excluding hydrogens is 280 g/mol. The molecule has 1 aromatic rings. The minimum Gasteiger partial charge on any atom is -0.351 e. The van der Waals surface area contributed by atoms with Crippen LogP contribution in [0, 0.1) is 10.1 Å².